The summed E-state index contributed by atoms with van der Waals surface area (Å²) in [6.07, 6.45) is 1.53. The molecular formula is C23H22N4O4S. The van der Waals surface area contributed by atoms with E-state index in [-0.39, 0.29) is 18.0 Å². The predicted molar refractivity (Wildman–Crippen MR) is 121 cm³/mol. The molecule has 1 amide bonds. The highest BCUT2D eigenvalue weighted by Crippen LogP contribution is 2.26. The Labute approximate surface area is 188 Å². The second-order valence-corrected chi connectivity index (χ2v) is 8.42. The summed E-state index contributed by atoms with van der Waals surface area (Å²) in [5, 5.41) is 9.96. The van der Waals surface area contributed by atoms with Gasteiger partial charge in [-0.15, -0.1) is 11.3 Å². The number of methoxy groups -OCH3 is 1. The van der Waals surface area contributed by atoms with Crippen LogP contribution in [-0.2, 0) is 16.9 Å². The molecule has 3 aromatic heterocycles. The van der Waals surface area contributed by atoms with Crippen LogP contribution >= 0.6 is 11.3 Å². The van der Waals surface area contributed by atoms with Crippen molar-refractivity contribution in [3.05, 3.63) is 76.2 Å². The van der Waals surface area contributed by atoms with Gasteiger partial charge in [-0.3, -0.25) is 9.59 Å². The lowest BCUT2D eigenvalue weighted by Crippen LogP contribution is -2.49. The summed E-state index contributed by atoms with van der Waals surface area (Å²) in [5.41, 5.74) is 0.581. The predicted octanol–water partition coefficient (Wildman–Crippen LogP) is 3.69. The summed E-state index contributed by atoms with van der Waals surface area (Å²) in [7, 11) is 1.62. The number of carbonyl (C=O) groups is 1. The number of ether oxygens (including phenoxy) is 1. The van der Waals surface area contributed by atoms with Crippen LogP contribution in [0.3, 0.4) is 0 Å². The van der Waals surface area contributed by atoms with E-state index in [2.05, 4.69) is 15.4 Å². The van der Waals surface area contributed by atoms with Gasteiger partial charge < -0.3 is 14.5 Å². The van der Waals surface area contributed by atoms with Gasteiger partial charge in [0.25, 0.3) is 5.56 Å². The first-order valence-corrected chi connectivity index (χ1v) is 10.8. The fourth-order valence-electron chi connectivity index (χ4n) is 3.11. The topological polar surface area (TPSA) is 99.2 Å². The summed E-state index contributed by atoms with van der Waals surface area (Å²) < 4.78 is 11.7. The van der Waals surface area contributed by atoms with E-state index in [0.29, 0.717) is 11.5 Å². The number of thiazole rings is 1. The lowest BCUT2D eigenvalue weighted by Gasteiger charge is -2.25. The van der Waals surface area contributed by atoms with Crippen LogP contribution in [0, 0.1) is 0 Å². The van der Waals surface area contributed by atoms with Crippen LogP contribution in [0.5, 0.6) is 5.75 Å². The molecule has 164 valence electrons. The minimum absolute atomic E-state index is 0.238. The molecule has 32 heavy (non-hydrogen) atoms. The standard InChI is InChI=1S/C23H22N4O4S/c1-23(2,27-20(28)11-10-18(26-27)19-5-4-12-31-19)22(29)24-13-16-14-32-21(25-16)15-6-8-17(30-3)9-7-15/h4-12,14H,13H2,1-3H3,(H,24,29). The van der Waals surface area contributed by atoms with Crippen molar-refractivity contribution in [3.8, 4) is 27.8 Å². The molecule has 0 bridgehead atoms. The van der Waals surface area contributed by atoms with Crippen molar-refractivity contribution in [1.29, 1.82) is 0 Å². The monoisotopic (exact) mass is 450 g/mol. The Hall–Kier alpha value is -3.72. The van der Waals surface area contributed by atoms with Crippen LogP contribution < -0.4 is 15.6 Å². The van der Waals surface area contributed by atoms with Gasteiger partial charge in [0.1, 0.15) is 22.0 Å². The number of rotatable bonds is 7. The highest BCUT2D eigenvalue weighted by molar-refractivity contribution is 7.13. The summed E-state index contributed by atoms with van der Waals surface area (Å²) in [6.45, 7) is 3.53. The molecule has 0 saturated heterocycles. The second kappa shape index (κ2) is 8.80. The third kappa shape index (κ3) is 4.33. The lowest BCUT2D eigenvalue weighted by atomic mass is 10.0. The van der Waals surface area contributed by atoms with Crippen LogP contribution in [0.1, 0.15) is 19.5 Å². The zero-order valence-electron chi connectivity index (χ0n) is 17.9. The van der Waals surface area contributed by atoms with Crippen LogP contribution in [0.25, 0.3) is 22.0 Å². The van der Waals surface area contributed by atoms with E-state index in [1.54, 1.807) is 39.2 Å². The van der Waals surface area contributed by atoms with Gasteiger partial charge in [-0.2, -0.15) is 5.10 Å². The maximum Gasteiger partial charge on any atom is 0.267 e. The Bertz CT molecular complexity index is 1270. The number of carbonyl (C=O) groups excluding carboxylic acids is 1. The zero-order chi connectivity index (χ0) is 22.7. The van der Waals surface area contributed by atoms with Gasteiger partial charge in [0, 0.05) is 17.0 Å². The van der Waals surface area contributed by atoms with Crippen molar-refractivity contribution < 1.29 is 13.9 Å². The highest BCUT2D eigenvalue weighted by Gasteiger charge is 2.32. The Balaban J connectivity index is 1.47. The number of nitrogens with zero attached hydrogens (tertiary/aromatic N) is 3. The molecule has 0 saturated carbocycles. The number of aromatic nitrogens is 3. The SMILES string of the molecule is COc1ccc(-c2nc(CNC(=O)C(C)(C)n3nc(-c4ccco4)ccc3=O)cs2)cc1. The van der Waals surface area contributed by atoms with Gasteiger partial charge >= 0.3 is 0 Å². The number of nitrogens with one attached hydrogen (secondary N) is 1. The first kappa shape index (κ1) is 21.5. The quantitative estimate of drug-likeness (QED) is 0.461. The molecule has 8 nitrogen and oxygen atoms in total. The number of hydrogen-bond donors (Lipinski definition) is 1. The van der Waals surface area contributed by atoms with E-state index in [9.17, 15) is 9.59 Å². The minimum Gasteiger partial charge on any atom is -0.497 e. The van der Waals surface area contributed by atoms with Gasteiger partial charge in [-0.05, 0) is 56.3 Å². The molecule has 0 radical (unpaired) electrons. The van der Waals surface area contributed by atoms with Crippen molar-refractivity contribution in [3.63, 3.8) is 0 Å². The minimum atomic E-state index is -1.21. The van der Waals surface area contributed by atoms with Crippen molar-refractivity contribution in [2.75, 3.05) is 7.11 Å². The largest absolute Gasteiger partial charge is 0.497 e. The Morgan fingerprint density at radius 3 is 2.66 bits per heavy atom. The Morgan fingerprint density at radius 2 is 1.97 bits per heavy atom. The molecule has 0 aliphatic heterocycles. The van der Waals surface area contributed by atoms with Crippen LogP contribution in [0.4, 0.5) is 0 Å². The number of benzene rings is 1. The molecule has 9 heteroatoms. The molecule has 0 aliphatic carbocycles. The van der Waals surface area contributed by atoms with E-state index < -0.39 is 5.54 Å². The van der Waals surface area contributed by atoms with E-state index in [0.717, 1.165) is 22.0 Å². The second-order valence-electron chi connectivity index (χ2n) is 7.56. The van der Waals surface area contributed by atoms with E-state index >= 15 is 0 Å². The van der Waals surface area contributed by atoms with Gasteiger partial charge in [-0.1, -0.05) is 0 Å². The van der Waals surface area contributed by atoms with E-state index in [1.165, 1.54) is 28.3 Å². The third-order valence-corrected chi connectivity index (χ3v) is 5.92. The van der Waals surface area contributed by atoms with Gasteiger partial charge in [0.2, 0.25) is 5.91 Å². The van der Waals surface area contributed by atoms with Crippen molar-refractivity contribution >= 4 is 17.2 Å². The first-order valence-electron chi connectivity index (χ1n) is 9.90. The van der Waals surface area contributed by atoms with Crippen molar-refractivity contribution in [1.82, 2.24) is 20.1 Å². The highest BCUT2D eigenvalue weighted by atomic mass is 32.1. The van der Waals surface area contributed by atoms with Crippen molar-refractivity contribution in [2.45, 2.75) is 25.9 Å². The van der Waals surface area contributed by atoms with Crippen LogP contribution in [-0.4, -0.2) is 27.8 Å². The molecule has 0 fully saturated rings. The normalized spacial score (nSPS) is 11.3. The smallest absolute Gasteiger partial charge is 0.267 e. The number of hydrogen-bond acceptors (Lipinski definition) is 7. The molecule has 4 rings (SSSR count). The molecule has 0 atom stereocenters. The van der Waals surface area contributed by atoms with Crippen LogP contribution in [0.15, 0.2) is 69.4 Å². The average molecular weight is 451 g/mol. The maximum absolute atomic E-state index is 13.0. The Kier molecular flexibility index (Phi) is 5.91. The number of amides is 1. The molecule has 3 heterocycles. The number of furan rings is 1. The van der Waals surface area contributed by atoms with Gasteiger partial charge in [0.15, 0.2) is 5.76 Å². The van der Waals surface area contributed by atoms with Gasteiger partial charge in [0.05, 0.1) is 25.6 Å². The molecular weight excluding hydrogens is 428 g/mol. The maximum atomic E-state index is 13.0. The van der Waals surface area contributed by atoms with E-state index in [4.69, 9.17) is 9.15 Å². The summed E-state index contributed by atoms with van der Waals surface area (Å²) in [5.74, 6) is 0.950. The molecule has 4 aromatic rings. The molecule has 1 aromatic carbocycles. The summed E-state index contributed by atoms with van der Waals surface area (Å²) >= 11 is 1.49. The summed E-state index contributed by atoms with van der Waals surface area (Å²) in [6, 6.07) is 14.1. The van der Waals surface area contributed by atoms with Gasteiger partial charge in [-0.25, -0.2) is 9.67 Å². The average Bonchev–Trinajstić information content (AvgIpc) is 3.50. The van der Waals surface area contributed by atoms with Crippen molar-refractivity contribution in [2.24, 2.45) is 0 Å². The van der Waals surface area contributed by atoms with Crippen LogP contribution in [0.2, 0.25) is 0 Å². The molecule has 0 aliphatic rings. The molecule has 1 N–H and O–H groups in total. The fraction of sp³-hybridized carbons (Fsp3) is 0.217. The van der Waals surface area contributed by atoms with E-state index in [1.807, 2.05) is 29.6 Å². The third-order valence-electron chi connectivity index (χ3n) is 4.98. The molecule has 0 unspecified atom stereocenters. The summed E-state index contributed by atoms with van der Waals surface area (Å²) in [4.78, 5) is 30.0. The zero-order valence-corrected chi connectivity index (χ0v) is 18.7. The molecule has 0 spiro atoms. The lowest BCUT2D eigenvalue weighted by molar-refractivity contribution is -0.129. The fourth-order valence-corrected chi connectivity index (χ4v) is 3.93. The first-order chi connectivity index (χ1) is 15.4. The Morgan fingerprint density at radius 1 is 1.19 bits per heavy atom.